The number of piperidine rings is 1. The number of H-pyrrole nitrogens is 1. The quantitative estimate of drug-likeness (QED) is 0.461. The number of aromatic amines is 1. The molecule has 0 amide bonds. The van der Waals surface area contributed by atoms with Crippen LogP contribution in [0.4, 0.5) is 13.2 Å². The molecule has 1 aliphatic rings. The number of rotatable bonds is 4. The fourth-order valence-electron chi connectivity index (χ4n) is 4.27. The molecule has 0 unspecified atom stereocenters. The van der Waals surface area contributed by atoms with Gasteiger partial charge in [-0.1, -0.05) is 0 Å². The predicted molar refractivity (Wildman–Crippen MR) is 121 cm³/mol. The molecule has 8 nitrogen and oxygen atoms in total. The number of alkyl halides is 3. The van der Waals surface area contributed by atoms with E-state index in [2.05, 4.69) is 26.3 Å². The van der Waals surface area contributed by atoms with Gasteiger partial charge in [-0.25, -0.2) is 9.97 Å². The number of pyridine rings is 1. The molecule has 0 spiro atoms. The summed E-state index contributed by atoms with van der Waals surface area (Å²) in [6, 6.07) is 5.90. The van der Waals surface area contributed by atoms with Crippen LogP contribution in [-0.4, -0.2) is 38.5 Å². The van der Waals surface area contributed by atoms with Gasteiger partial charge in [0.15, 0.2) is 0 Å². The van der Waals surface area contributed by atoms with Crippen LogP contribution >= 0.6 is 0 Å². The first kappa shape index (κ1) is 22.9. The van der Waals surface area contributed by atoms with Crippen molar-refractivity contribution in [3.8, 4) is 11.8 Å². The highest BCUT2D eigenvalue weighted by molar-refractivity contribution is 5.80. The second kappa shape index (κ2) is 8.70. The van der Waals surface area contributed by atoms with Gasteiger partial charge < -0.3 is 19.4 Å². The zero-order chi connectivity index (χ0) is 24.7. The van der Waals surface area contributed by atoms with Crippen LogP contribution in [0.1, 0.15) is 41.1 Å². The normalized spacial score (nSPS) is 14.9. The second-order valence-electron chi connectivity index (χ2n) is 8.60. The summed E-state index contributed by atoms with van der Waals surface area (Å²) in [5.74, 6) is -0.0658. The third-order valence-electron chi connectivity index (χ3n) is 6.06. The zero-order valence-corrected chi connectivity index (χ0v) is 18.7. The highest BCUT2D eigenvalue weighted by atomic mass is 19.4. The van der Waals surface area contributed by atoms with Crippen LogP contribution in [0.2, 0.25) is 0 Å². The Kier molecular flexibility index (Phi) is 5.68. The molecular formula is C24H21F3N6O2. The van der Waals surface area contributed by atoms with Crippen molar-refractivity contribution in [1.82, 2.24) is 24.7 Å². The monoisotopic (exact) mass is 482 g/mol. The lowest BCUT2D eigenvalue weighted by Crippen LogP contribution is -2.34. The van der Waals surface area contributed by atoms with Gasteiger partial charge in [0.2, 0.25) is 0 Å². The number of aryl methyl sites for hydroxylation is 1. The molecule has 0 aliphatic carbocycles. The standard InChI is InChI=1S/C24H21F3N6O2/c1-13-6-22-30-15(12-33(22)11-14(13)10-28)7-21-31-19-9-20(35-16-2-4-29-5-3-16)18(24(25,26)27)8-17(19)23(34)32-21/h6,8-9,11-12,16,29H,2-5,7H2,1H3,(H,31,32,34). The van der Waals surface area contributed by atoms with Crippen molar-refractivity contribution in [3.63, 3.8) is 0 Å². The molecule has 1 fully saturated rings. The second-order valence-corrected chi connectivity index (χ2v) is 8.60. The third kappa shape index (κ3) is 4.57. The van der Waals surface area contributed by atoms with Crippen LogP contribution in [0, 0.1) is 18.3 Å². The first-order valence-corrected chi connectivity index (χ1v) is 11.1. The number of ether oxygens (including phenoxy) is 1. The Morgan fingerprint density at radius 3 is 2.69 bits per heavy atom. The summed E-state index contributed by atoms with van der Waals surface area (Å²) in [4.78, 5) is 24.2. The number of nitrogens with one attached hydrogen (secondary N) is 2. The van der Waals surface area contributed by atoms with E-state index in [9.17, 15) is 23.2 Å². The first-order valence-electron chi connectivity index (χ1n) is 11.1. The summed E-state index contributed by atoms with van der Waals surface area (Å²) in [5, 5.41) is 12.2. The molecule has 180 valence electrons. The summed E-state index contributed by atoms with van der Waals surface area (Å²) >= 11 is 0. The van der Waals surface area contributed by atoms with E-state index in [1.807, 2.05) is 6.92 Å². The number of fused-ring (bicyclic) bond motifs is 2. The molecule has 0 bridgehead atoms. The van der Waals surface area contributed by atoms with E-state index in [0.29, 0.717) is 42.8 Å². The smallest absolute Gasteiger partial charge is 0.419 e. The van der Waals surface area contributed by atoms with E-state index in [4.69, 9.17) is 4.74 Å². The lowest BCUT2D eigenvalue weighted by molar-refractivity contribution is -0.139. The van der Waals surface area contributed by atoms with Gasteiger partial charge in [-0.15, -0.1) is 0 Å². The number of aromatic nitrogens is 4. The molecule has 0 saturated carbocycles. The zero-order valence-electron chi connectivity index (χ0n) is 18.7. The molecular weight excluding hydrogens is 461 g/mol. The minimum atomic E-state index is -4.68. The van der Waals surface area contributed by atoms with E-state index in [0.717, 1.165) is 11.6 Å². The van der Waals surface area contributed by atoms with Gasteiger partial charge in [-0.3, -0.25) is 4.79 Å². The SMILES string of the molecule is Cc1cc2nc(Cc3nc4cc(OC5CCNCC5)c(C(F)(F)F)cc4c(=O)[nH]3)cn2cc1C#N. The van der Waals surface area contributed by atoms with Crippen molar-refractivity contribution < 1.29 is 17.9 Å². The molecule has 0 radical (unpaired) electrons. The van der Waals surface area contributed by atoms with E-state index in [-0.39, 0.29) is 35.0 Å². The van der Waals surface area contributed by atoms with Crippen molar-refractivity contribution in [1.29, 1.82) is 5.26 Å². The molecule has 5 rings (SSSR count). The molecule has 0 atom stereocenters. The van der Waals surface area contributed by atoms with Gasteiger partial charge in [0.05, 0.1) is 27.7 Å². The number of imidazole rings is 1. The Bertz CT molecular complexity index is 1530. The Labute approximate surface area is 197 Å². The van der Waals surface area contributed by atoms with Crippen LogP contribution < -0.4 is 15.6 Å². The van der Waals surface area contributed by atoms with E-state index in [1.54, 1.807) is 22.9 Å². The van der Waals surface area contributed by atoms with Crippen LogP contribution in [0.25, 0.3) is 16.6 Å². The number of nitriles is 1. The Morgan fingerprint density at radius 1 is 1.20 bits per heavy atom. The van der Waals surface area contributed by atoms with Gasteiger partial charge in [-0.2, -0.15) is 18.4 Å². The highest BCUT2D eigenvalue weighted by Crippen LogP contribution is 2.38. The van der Waals surface area contributed by atoms with Gasteiger partial charge >= 0.3 is 6.18 Å². The van der Waals surface area contributed by atoms with Gasteiger partial charge in [0.25, 0.3) is 5.56 Å². The van der Waals surface area contributed by atoms with Crippen LogP contribution in [-0.2, 0) is 12.6 Å². The highest BCUT2D eigenvalue weighted by Gasteiger charge is 2.36. The summed E-state index contributed by atoms with van der Waals surface area (Å²) in [6.07, 6.45) is -0.318. The maximum atomic E-state index is 13.8. The average Bonchev–Trinajstić information content (AvgIpc) is 3.18. The first-order chi connectivity index (χ1) is 16.7. The molecule has 4 aromatic rings. The molecule has 35 heavy (non-hydrogen) atoms. The van der Waals surface area contributed by atoms with E-state index >= 15 is 0 Å². The van der Waals surface area contributed by atoms with Crippen LogP contribution in [0.15, 0.2) is 35.4 Å². The number of hydrogen-bond donors (Lipinski definition) is 2. The van der Waals surface area contributed by atoms with E-state index in [1.165, 1.54) is 6.07 Å². The molecule has 11 heteroatoms. The maximum Gasteiger partial charge on any atom is 0.419 e. The predicted octanol–water partition coefficient (Wildman–Crippen LogP) is 3.49. The summed E-state index contributed by atoms with van der Waals surface area (Å²) in [6.45, 7) is 3.14. The Morgan fingerprint density at radius 2 is 1.97 bits per heavy atom. The fourth-order valence-corrected chi connectivity index (χ4v) is 4.27. The molecule has 2 N–H and O–H groups in total. The average molecular weight is 482 g/mol. The van der Waals surface area contributed by atoms with Gasteiger partial charge in [0.1, 0.15) is 29.4 Å². The van der Waals surface area contributed by atoms with Crippen LogP contribution in [0.5, 0.6) is 5.75 Å². The Hall–Kier alpha value is -3.91. The minimum absolute atomic E-state index is 0.118. The number of halogens is 3. The fraction of sp³-hybridized carbons (Fsp3) is 0.333. The van der Waals surface area contributed by atoms with Crippen molar-refractivity contribution in [3.05, 3.63) is 69.2 Å². The summed E-state index contributed by atoms with van der Waals surface area (Å²) in [5.41, 5.74) is 0.971. The molecule has 4 heterocycles. The van der Waals surface area contributed by atoms with Gasteiger partial charge in [0, 0.05) is 24.9 Å². The topological polar surface area (TPSA) is 108 Å². The van der Waals surface area contributed by atoms with Crippen LogP contribution in [0.3, 0.4) is 0 Å². The lowest BCUT2D eigenvalue weighted by Gasteiger charge is -2.25. The maximum absolute atomic E-state index is 13.8. The van der Waals surface area contributed by atoms with E-state index < -0.39 is 17.3 Å². The molecule has 1 saturated heterocycles. The number of benzene rings is 1. The summed E-state index contributed by atoms with van der Waals surface area (Å²) < 4.78 is 48.7. The molecule has 1 aliphatic heterocycles. The Balaban J connectivity index is 1.53. The molecule has 3 aromatic heterocycles. The van der Waals surface area contributed by atoms with Crippen molar-refractivity contribution in [2.24, 2.45) is 0 Å². The van der Waals surface area contributed by atoms with Gasteiger partial charge in [-0.05, 0) is 50.6 Å². The number of hydrogen-bond acceptors (Lipinski definition) is 6. The van der Waals surface area contributed by atoms with Crippen molar-refractivity contribution in [2.75, 3.05) is 13.1 Å². The molecule has 1 aromatic carbocycles. The number of nitrogens with zero attached hydrogens (tertiary/aromatic N) is 4. The lowest BCUT2D eigenvalue weighted by atomic mass is 10.1. The summed E-state index contributed by atoms with van der Waals surface area (Å²) in [7, 11) is 0. The minimum Gasteiger partial charge on any atom is -0.490 e. The van der Waals surface area contributed by atoms with Crippen molar-refractivity contribution in [2.45, 2.75) is 38.5 Å². The largest absolute Gasteiger partial charge is 0.490 e. The van der Waals surface area contributed by atoms with Crippen molar-refractivity contribution >= 4 is 16.6 Å². The third-order valence-corrected chi connectivity index (χ3v) is 6.06.